The molecule has 1 radical (unpaired) electrons. The molecule has 0 aromatic carbocycles. The molecule has 0 nitrogen and oxygen atoms in total. The van der Waals surface area contributed by atoms with E-state index >= 15 is 0 Å². The molecule has 0 atom stereocenters. The van der Waals surface area contributed by atoms with Crippen LogP contribution in [0, 0.1) is 18.3 Å². The highest BCUT2D eigenvalue weighted by Gasteiger charge is 1.79. The highest BCUT2D eigenvalue weighted by Crippen LogP contribution is 1.96. The fourth-order valence-corrected chi connectivity index (χ4v) is 0.710. The van der Waals surface area contributed by atoms with Gasteiger partial charge in [-0.25, -0.2) is 0 Å². The molecule has 0 bridgehead atoms. The Morgan fingerprint density at radius 2 is 2.00 bits per heavy atom. The van der Waals surface area contributed by atoms with Crippen LogP contribution < -0.4 is 0 Å². The first kappa shape index (κ1) is 9.56. The molecule has 0 heterocycles. The molecule has 0 aliphatic heterocycles. The molecule has 0 amide bonds. The maximum Gasteiger partial charge on any atom is 0.0337 e. The predicted molar refractivity (Wildman–Crippen MR) is 46.5 cm³/mol. The summed E-state index contributed by atoms with van der Waals surface area (Å²) in [6, 6.07) is 0. The zero-order chi connectivity index (χ0) is 7.66. The second-order valence-corrected chi connectivity index (χ2v) is 2.39. The van der Waals surface area contributed by atoms with Gasteiger partial charge in [0, 0.05) is 12.8 Å². The number of hydrogen-bond donors (Lipinski definition) is 0. The van der Waals surface area contributed by atoms with E-state index in [1.807, 2.05) is 6.42 Å². The van der Waals surface area contributed by atoms with Gasteiger partial charge >= 0.3 is 0 Å². The maximum absolute atomic E-state index is 3.12. The lowest BCUT2D eigenvalue weighted by Gasteiger charge is -1.87. The van der Waals surface area contributed by atoms with Crippen molar-refractivity contribution < 1.29 is 0 Å². The van der Waals surface area contributed by atoms with Crippen molar-refractivity contribution in [1.29, 1.82) is 0 Å². The van der Waals surface area contributed by atoms with Crippen LogP contribution in [0.2, 0.25) is 0 Å². The first-order valence-corrected chi connectivity index (χ1v) is 4.21. The molecule has 0 saturated heterocycles. The van der Waals surface area contributed by atoms with E-state index in [0.717, 1.165) is 12.8 Å². The van der Waals surface area contributed by atoms with Gasteiger partial charge in [-0.05, 0) is 12.8 Å². The van der Waals surface area contributed by atoms with E-state index in [0.29, 0.717) is 0 Å². The lowest BCUT2D eigenvalue weighted by atomic mass is 10.2. The van der Waals surface area contributed by atoms with Crippen LogP contribution in [-0.4, -0.2) is 0 Å². The minimum absolute atomic E-state index is 1.07. The third-order valence-corrected chi connectivity index (χ3v) is 1.31. The summed E-state index contributed by atoms with van der Waals surface area (Å²) in [5, 5.41) is 0. The normalized spacial score (nSPS) is 8.60. The Balaban J connectivity index is 2.96. The van der Waals surface area contributed by atoms with Crippen LogP contribution in [0.4, 0.5) is 0 Å². The Hall–Kier alpha value is -0.440. The summed E-state index contributed by atoms with van der Waals surface area (Å²) in [4.78, 5) is 0. The van der Waals surface area contributed by atoms with Crippen LogP contribution in [0.3, 0.4) is 0 Å². The van der Waals surface area contributed by atoms with Crippen molar-refractivity contribution >= 4 is 0 Å². The first-order valence-electron chi connectivity index (χ1n) is 4.21. The van der Waals surface area contributed by atoms with Crippen molar-refractivity contribution in [1.82, 2.24) is 0 Å². The average molecular weight is 137 g/mol. The summed E-state index contributed by atoms with van der Waals surface area (Å²) in [5.41, 5.74) is 0. The van der Waals surface area contributed by atoms with Crippen molar-refractivity contribution in [3.8, 4) is 11.8 Å². The van der Waals surface area contributed by atoms with Crippen LogP contribution in [0.15, 0.2) is 0 Å². The summed E-state index contributed by atoms with van der Waals surface area (Å²) in [7, 11) is 0. The van der Waals surface area contributed by atoms with Crippen molar-refractivity contribution in [2.24, 2.45) is 0 Å². The topological polar surface area (TPSA) is 0 Å². The van der Waals surface area contributed by atoms with Crippen LogP contribution in [0.25, 0.3) is 0 Å². The van der Waals surface area contributed by atoms with E-state index in [4.69, 9.17) is 0 Å². The Morgan fingerprint density at radius 1 is 1.20 bits per heavy atom. The van der Waals surface area contributed by atoms with E-state index < -0.39 is 0 Å². The Kier molecular flexibility index (Phi) is 8.18. The molecule has 0 aromatic rings. The zero-order valence-electron chi connectivity index (χ0n) is 7.11. The molecule has 0 heteroatoms. The van der Waals surface area contributed by atoms with Gasteiger partial charge in [-0.2, -0.15) is 0 Å². The second kappa shape index (κ2) is 8.56. The molecule has 0 aliphatic carbocycles. The lowest BCUT2D eigenvalue weighted by molar-refractivity contribution is 0.737. The number of rotatable bonds is 4. The van der Waals surface area contributed by atoms with Gasteiger partial charge in [-0.15, -0.1) is 5.92 Å². The molecule has 0 aromatic heterocycles. The standard InChI is InChI=1S/C10H17/c1-3-5-7-9-10-8-6-4-2/h5H,3-4,6,8,10H2,1-2H3. The average Bonchev–Trinajstić information content (AvgIpc) is 1.97. The SMILES string of the molecule is CC[CH]C#CCCCCC. The maximum atomic E-state index is 3.12. The summed E-state index contributed by atoms with van der Waals surface area (Å²) < 4.78 is 0. The fourth-order valence-electron chi connectivity index (χ4n) is 0.710. The van der Waals surface area contributed by atoms with Gasteiger partial charge < -0.3 is 0 Å². The Labute approximate surface area is 65.0 Å². The van der Waals surface area contributed by atoms with Gasteiger partial charge in [0.15, 0.2) is 0 Å². The first-order chi connectivity index (χ1) is 4.91. The molecular formula is C10H17. The van der Waals surface area contributed by atoms with E-state index in [9.17, 15) is 0 Å². The van der Waals surface area contributed by atoms with E-state index in [2.05, 4.69) is 25.7 Å². The van der Waals surface area contributed by atoms with Gasteiger partial charge in [0.05, 0.1) is 0 Å². The molecule has 0 saturated carbocycles. The molecule has 0 N–H and O–H groups in total. The predicted octanol–water partition coefficient (Wildman–Crippen LogP) is 3.18. The molecule has 0 spiro atoms. The van der Waals surface area contributed by atoms with Crippen LogP contribution >= 0.6 is 0 Å². The van der Waals surface area contributed by atoms with Crippen LogP contribution in [0.5, 0.6) is 0 Å². The van der Waals surface area contributed by atoms with Crippen LogP contribution in [-0.2, 0) is 0 Å². The highest BCUT2D eigenvalue weighted by molar-refractivity contribution is 5.08. The zero-order valence-corrected chi connectivity index (χ0v) is 7.11. The van der Waals surface area contributed by atoms with Gasteiger partial charge in [0.1, 0.15) is 0 Å². The summed E-state index contributed by atoms with van der Waals surface area (Å²) in [6.45, 7) is 4.33. The molecule has 0 aliphatic rings. The lowest BCUT2D eigenvalue weighted by Crippen LogP contribution is -1.71. The number of unbranched alkanes of at least 4 members (excludes halogenated alkanes) is 4. The minimum Gasteiger partial charge on any atom is -0.103 e. The minimum atomic E-state index is 1.07. The monoisotopic (exact) mass is 137 g/mol. The van der Waals surface area contributed by atoms with Gasteiger partial charge in [0.25, 0.3) is 0 Å². The third kappa shape index (κ3) is 7.56. The molecule has 0 fully saturated rings. The van der Waals surface area contributed by atoms with E-state index in [1.165, 1.54) is 19.3 Å². The van der Waals surface area contributed by atoms with Crippen molar-refractivity contribution in [2.45, 2.75) is 46.0 Å². The molecule has 10 heavy (non-hydrogen) atoms. The summed E-state index contributed by atoms with van der Waals surface area (Å²) in [5.74, 6) is 6.13. The van der Waals surface area contributed by atoms with Crippen molar-refractivity contribution in [2.75, 3.05) is 0 Å². The Morgan fingerprint density at radius 3 is 2.60 bits per heavy atom. The van der Waals surface area contributed by atoms with Gasteiger partial charge in [-0.3, -0.25) is 0 Å². The smallest absolute Gasteiger partial charge is 0.0337 e. The molecule has 0 unspecified atom stereocenters. The molecule has 0 rings (SSSR count). The fraction of sp³-hybridized carbons (Fsp3) is 0.700. The van der Waals surface area contributed by atoms with E-state index in [-0.39, 0.29) is 0 Å². The van der Waals surface area contributed by atoms with Crippen LogP contribution in [0.1, 0.15) is 46.0 Å². The quantitative estimate of drug-likeness (QED) is 0.412. The van der Waals surface area contributed by atoms with Crippen molar-refractivity contribution in [3.63, 3.8) is 0 Å². The Bertz CT molecular complexity index is 103. The molecular weight excluding hydrogens is 120 g/mol. The summed E-state index contributed by atoms with van der Waals surface area (Å²) in [6.07, 6.45) is 8.04. The molecule has 57 valence electrons. The largest absolute Gasteiger partial charge is 0.103 e. The summed E-state index contributed by atoms with van der Waals surface area (Å²) >= 11 is 0. The van der Waals surface area contributed by atoms with Gasteiger partial charge in [-0.1, -0.05) is 32.6 Å². The third-order valence-electron chi connectivity index (χ3n) is 1.31. The second-order valence-electron chi connectivity index (χ2n) is 2.39. The van der Waals surface area contributed by atoms with Crippen molar-refractivity contribution in [3.05, 3.63) is 6.42 Å². The highest BCUT2D eigenvalue weighted by atomic mass is 13.8. The number of hydrogen-bond acceptors (Lipinski definition) is 0. The van der Waals surface area contributed by atoms with E-state index in [1.54, 1.807) is 0 Å². The van der Waals surface area contributed by atoms with Gasteiger partial charge in [0.2, 0.25) is 0 Å².